The Morgan fingerprint density at radius 2 is 1.71 bits per heavy atom. The molecular weight excluding hydrogens is 219 g/mol. The molecule has 0 heterocycles. The number of hydrogen-bond acceptors (Lipinski definition) is 1. The van der Waals surface area contributed by atoms with E-state index in [9.17, 15) is 4.79 Å². The summed E-state index contributed by atoms with van der Waals surface area (Å²) in [4.78, 5) is 11.9. The van der Waals surface area contributed by atoms with Gasteiger partial charge in [0.15, 0.2) is 5.78 Å². The zero-order valence-electron chi connectivity index (χ0n) is 11.8. The first kappa shape index (κ1) is 16.9. The van der Waals surface area contributed by atoms with Crippen molar-refractivity contribution in [3.8, 4) is 0 Å². The average Bonchev–Trinajstić information content (AvgIpc) is 2.16. The van der Waals surface area contributed by atoms with Crippen LogP contribution in [0.1, 0.15) is 50.9 Å². The number of carbonyl (C=O) groups is 1. The smallest absolute Gasteiger partial charge is 0.163 e. The van der Waals surface area contributed by atoms with Crippen LogP contribution in [0.2, 0.25) is 0 Å². The Kier molecular flexibility index (Phi) is 7.30. The molecule has 2 heteroatoms. The van der Waals surface area contributed by atoms with Gasteiger partial charge in [-0.2, -0.15) is 0 Å². The molecule has 0 aromatic heterocycles. The maximum absolute atomic E-state index is 11.9. The number of ketones is 1. The third-order valence-corrected chi connectivity index (χ3v) is 2.59. The molecule has 1 aromatic carbocycles. The van der Waals surface area contributed by atoms with Crippen molar-refractivity contribution in [2.24, 2.45) is 11.3 Å². The molecule has 89 valence electrons. The number of Topliss-reactive ketones (excluding diaryl/α,β-unsaturated/α-hetero) is 1. The Labute approximate surface area is 127 Å². The van der Waals surface area contributed by atoms with Gasteiger partial charge in [0.05, 0.1) is 0 Å². The largest absolute Gasteiger partial charge is 0.294 e. The second kappa shape index (κ2) is 7.35. The van der Waals surface area contributed by atoms with Crippen LogP contribution in [0.15, 0.2) is 30.3 Å². The van der Waals surface area contributed by atoms with Gasteiger partial charge >= 0.3 is 0 Å². The van der Waals surface area contributed by atoms with Crippen LogP contribution < -0.4 is 0 Å². The number of carbonyl (C=O) groups excluding carboxylic acids is 1. The Morgan fingerprint density at radius 3 is 2.18 bits per heavy atom. The third-order valence-electron chi connectivity index (χ3n) is 2.59. The summed E-state index contributed by atoms with van der Waals surface area (Å²) in [5, 5.41) is 0. The van der Waals surface area contributed by atoms with E-state index in [2.05, 4.69) is 27.7 Å². The molecule has 0 aliphatic heterocycles. The number of rotatable bonds is 4. The van der Waals surface area contributed by atoms with Gasteiger partial charge in [0.1, 0.15) is 0 Å². The topological polar surface area (TPSA) is 17.1 Å². The minimum absolute atomic E-state index is 0. The molecule has 0 N–H and O–H groups in total. The first-order valence-electron chi connectivity index (χ1n) is 5.97. The van der Waals surface area contributed by atoms with Crippen molar-refractivity contribution >= 4 is 35.3 Å². The molecule has 0 fully saturated rings. The van der Waals surface area contributed by atoms with E-state index >= 15 is 0 Å². The molecule has 0 spiro atoms. The molecule has 17 heavy (non-hydrogen) atoms. The molecule has 0 aliphatic rings. The first-order chi connectivity index (χ1) is 7.38. The summed E-state index contributed by atoms with van der Waals surface area (Å²) in [6, 6.07) is 9.57. The van der Waals surface area contributed by atoms with Crippen LogP contribution in [0.3, 0.4) is 0 Å². The van der Waals surface area contributed by atoms with Gasteiger partial charge < -0.3 is 0 Å². The zero-order valence-corrected chi connectivity index (χ0v) is 13.8. The molecule has 1 rings (SSSR count). The van der Waals surface area contributed by atoms with E-state index in [-0.39, 0.29) is 35.3 Å². The van der Waals surface area contributed by atoms with Gasteiger partial charge in [0, 0.05) is 41.5 Å². The minimum Gasteiger partial charge on any atom is -0.294 e. The van der Waals surface area contributed by atoms with E-state index in [1.165, 1.54) is 0 Å². The van der Waals surface area contributed by atoms with Gasteiger partial charge in [-0.05, 0) is 17.8 Å². The first-order valence-corrected chi connectivity index (χ1v) is 5.97. The Bertz CT molecular complexity index is 338. The monoisotopic (exact) mass is 241 g/mol. The van der Waals surface area contributed by atoms with Gasteiger partial charge in [0.2, 0.25) is 0 Å². The second-order valence-electron chi connectivity index (χ2n) is 5.86. The van der Waals surface area contributed by atoms with E-state index in [0.717, 1.165) is 12.0 Å². The summed E-state index contributed by atoms with van der Waals surface area (Å²) < 4.78 is 0. The molecule has 1 radical (unpaired) electrons. The van der Waals surface area contributed by atoms with Gasteiger partial charge in [-0.25, -0.2) is 0 Å². The fraction of sp³-hybridized carbons (Fsp3) is 0.533. The van der Waals surface area contributed by atoms with Crippen LogP contribution >= 0.6 is 0 Å². The van der Waals surface area contributed by atoms with Crippen LogP contribution in [-0.2, 0) is 0 Å². The van der Waals surface area contributed by atoms with Gasteiger partial charge in [-0.1, -0.05) is 58.0 Å². The summed E-state index contributed by atoms with van der Waals surface area (Å²) >= 11 is 0. The van der Waals surface area contributed by atoms with Crippen LogP contribution in [-0.4, -0.2) is 35.3 Å². The molecular formula is C15H22NaO. The molecule has 0 saturated heterocycles. The second-order valence-corrected chi connectivity index (χ2v) is 5.86. The number of benzene rings is 1. The number of hydrogen-bond donors (Lipinski definition) is 0. The van der Waals surface area contributed by atoms with Gasteiger partial charge in [-0.15, -0.1) is 0 Å². The normalized spacial score (nSPS) is 12.7. The van der Waals surface area contributed by atoms with Crippen molar-refractivity contribution in [3.63, 3.8) is 0 Å². The van der Waals surface area contributed by atoms with E-state index < -0.39 is 0 Å². The quantitative estimate of drug-likeness (QED) is 0.576. The van der Waals surface area contributed by atoms with Crippen LogP contribution in [0.4, 0.5) is 0 Å². The van der Waals surface area contributed by atoms with Crippen molar-refractivity contribution in [2.75, 3.05) is 0 Å². The maximum Gasteiger partial charge on any atom is 0.163 e. The molecule has 0 aliphatic carbocycles. The summed E-state index contributed by atoms with van der Waals surface area (Å²) in [5.74, 6) is 0.713. The molecule has 1 unspecified atom stereocenters. The van der Waals surface area contributed by atoms with Crippen molar-refractivity contribution < 1.29 is 4.79 Å². The predicted octanol–water partition coefficient (Wildman–Crippen LogP) is 3.95. The van der Waals surface area contributed by atoms with Crippen molar-refractivity contribution in [2.45, 2.75) is 40.5 Å². The van der Waals surface area contributed by atoms with Crippen LogP contribution in [0.5, 0.6) is 0 Å². The van der Waals surface area contributed by atoms with Crippen molar-refractivity contribution in [3.05, 3.63) is 35.9 Å². The zero-order chi connectivity index (χ0) is 12.2. The molecule has 0 bridgehead atoms. The third kappa shape index (κ3) is 7.03. The summed E-state index contributed by atoms with van der Waals surface area (Å²) in [5.41, 5.74) is 1.14. The van der Waals surface area contributed by atoms with E-state index in [1.807, 2.05) is 30.3 Å². The van der Waals surface area contributed by atoms with E-state index in [0.29, 0.717) is 17.8 Å². The van der Waals surface area contributed by atoms with E-state index in [1.54, 1.807) is 0 Å². The Hall–Kier alpha value is -0.110. The fourth-order valence-corrected chi connectivity index (χ4v) is 2.18. The fourth-order valence-electron chi connectivity index (χ4n) is 2.18. The Morgan fingerprint density at radius 1 is 1.18 bits per heavy atom. The maximum atomic E-state index is 11.9. The molecule has 1 atom stereocenters. The summed E-state index contributed by atoms with van der Waals surface area (Å²) in [6.45, 7) is 8.82. The summed E-state index contributed by atoms with van der Waals surface area (Å²) in [6.07, 6.45) is 1.74. The van der Waals surface area contributed by atoms with E-state index in [4.69, 9.17) is 0 Å². The van der Waals surface area contributed by atoms with Crippen molar-refractivity contribution in [1.29, 1.82) is 0 Å². The van der Waals surface area contributed by atoms with Gasteiger partial charge in [-0.3, -0.25) is 4.79 Å². The summed E-state index contributed by atoms with van der Waals surface area (Å²) in [7, 11) is 0. The van der Waals surface area contributed by atoms with Crippen LogP contribution in [0, 0.1) is 11.3 Å². The standard InChI is InChI=1S/C15H22O.Na/c1-12(11-15(2,3)4)10-14(16)13-8-6-5-7-9-13;/h5-9,12H,10-11H2,1-4H3;. The van der Waals surface area contributed by atoms with Gasteiger partial charge in [0.25, 0.3) is 0 Å². The molecule has 0 saturated carbocycles. The SMILES string of the molecule is CC(CC(=O)c1ccccc1)CC(C)(C)C.[Na]. The minimum atomic E-state index is 0. The molecule has 1 aromatic rings. The Balaban J connectivity index is 0.00000256. The van der Waals surface area contributed by atoms with Crippen molar-refractivity contribution in [1.82, 2.24) is 0 Å². The predicted molar refractivity (Wildman–Crippen MR) is 74.4 cm³/mol. The van der Waals surface area contributed by atoms with Crippen LogP contribution in [0.25, 0.3) is 0 Å². The average molecular weight is 241 g/mol. The molecule has 1 nitrogen and oxygen atoms in total. The molecule has 0 amide bonds.